The molecule has 5 nitrogen and oxygen atoms in total. The van der Waals surface area contributed by atoms with Crippen LogP contribution in [-0.2, 0) is 14.9 Å². The van der Waals surface area contributed by atoms with Crippen LogP contribution in [0.25, 0.3) is 0 Å². The second kappa shape index (κ2) is 12.1. The molecule has 0 spiro atoms. The molecule has 26 heavy (non-hydrogen) atoms. The normalized spacial score (nSPS) is 14.9. The zero-order valence-corrected chi connectivity index (χ0v) is 18.3. The molecule has 0 heterocycles. The maximum Gasteiger partial charge on any atom is 0.305 e. The van der Waals surface area contributed by atoms with Crippen LogP contribution in [0.2, 0.25) is 0 Å². The first-order valence-electron chi connectivity index (χ1n) is 9.35. The summed E-state index contributed by atoms with van der Waals surface area (Å²) in [5.41, 5.74) is 1.64. The van der Waals surface area contributed by atoms with Crippen molar-refractivity contribution in [2.45, 2.75) is 50.9 Å². The molecule has 0 atom stereocenters. The number of nitrogens with one attached hydrogen (secondary N) is 2. The second-order valence-electron chi connectivity index (χ2n) is 6.66. The summed E-state index contributed by atoms with van der Waals surface area (Å²) in [5.74, 6) is 0.760. The minimum Gasteiger partial charge on any atom is -0.469 e. The van der Waals surface area contributed by atoms with Gasteiger partial charge in [0.25, 0.3) is 0 Å². The lowest BCUT2D eigenvalue weighted by Crippen LogP contribution is -2.38. The van der Waals surface area contributed by atoms with Crippen LogP contribution in [0.15, 0.2) is 35.3 Å². The number of ether oxygens (including phenoxy) is 1. The lowest BCUT2D eigenvalue weighted by atomic mass is 9.96. The Morgan fingerprint density at radius 1 is 1.15 bits per heavy atom. The number of aliphatic imine (C=N–C) groups is 1. The van der Waals surface area contributed by atoms with E-state index in [4.69, 9.17) is 4.99 Å². The number of carbonyl (C=O) groups is 1. The molecule has 0 unspecified atom stereocenters. The van der Waals surface area contributed by atoms with E-state index >= 15 is 0 Å². The van der Waals surface area contributed by atoms with Gasteiger partial charge in [0, 0.05) is 24.9 Å². The first-order valence-corrected chi connectivity index (χ1v) is 9.35. The SMILES string of the molecule is CCNC(=NCC1(c2ccccc2)CC1)NCCCCCC(=O)OC.I. The van der Waals surface area contributed by atoms with E-state index in [1.807, 2.05) is 0 Å². The summed E-state index contributed by atoms with van der Waals surface area (Å²) in [6.07, 6.45) is 5.84. The summed E-state index contributed by atoms with van der Waals surface area (Å²) in [4.78, 5) is 15.9. The summed E-state index contributed by atoms with van der Waals surface area (Å²) in [5, 5.41) is 6.71. The average Bonchev–Trinajstić information content (AvgIpc) is 3.44. The zero-order valence-electron chi connectivity index (χ0n) is 15.9. The number of carbonyl (C=O) groups excluding carboxylic acids is 1. The first-order chi connectivity index (χ1) is 12.2. The van der Waals surface area contributed by atoms with E-state index < -0.39 is 0 Å². The predicted octanol–water partition coefficient (Wildman–Crippen LogP) is 3.62. The maximum atomic E-state index is 11.1. The van der Waals surface area contributed by atoms with Crippen LogP contribution in [0, 0.1) is 0 Å². The van der Waals surface area contributed by atoms with Crippen molar-refractivity contribution in [3.8, 4) is 0 Å². The number of nitrogens with zero attached hydrogens (tertiary/aromatic N) is 1. The van der Waals surface area contributed by atoms with Gasteiger partial charge in [-0.05, 0) is 38.2 Å². The number of halogens is 1. The van der Waals surface area contributed by atoms with Gasteiger partial charge in [-0.3, -0.25) is 9.79 Å². The Balaban J connectivity index is 0.00000338. The molecule has 0 aliphatic heterocycles. The van der Waals surface area contributed by atoms with Crippen LogP contribution < -0.4 is 10.6 Å². The van der Waals surface area contributed by atoms with Crippen molar-refractivity contribution in [1.29, 1.82) is 0 Å². The fraction of sp³-hybridized carbons (Fsp3) is 0.600. The van der Waals surface area contributed by atoms with Crippen molar-refractivity contribution in [1.82, 2.24) is 10.6 Å². The molecular weight excluding hydrogens is 441 g/mol. The van der Waals surface area contributed by atoms with E-state index in [0.29, 0.717) is 6.42 Å². The number of hydrogen-bond donors (Lipinski definition) is 2. The molecule has 1 aliphatic rings. The highest BCUT2D eigenvalue weighted by Gasteiger charge is 2.43. The van der Waals surface area contributed by atoms with Gasteiger partial charge in [-0.2, -0.15) is 0 Å². The van der Waals surface area contributed by atoms with Crippen molar-refractivity contribution in [3.63, 3.8) is 0 Å². The van der Waals surface area contributed by atoms with Crippen molar-refractivity contribution < 1.29 is 9.53 Å². The number of rotatable bonds is 10. The number of unbranched alkanes of at least 4 members (excludes halogenated alkanes) is 2. The van der Waals surface area contributed by atoms with Crippen LogP contribution in [0.5, 0.6) is 0 Å². The highest BCUT2D eigenvalue weighted by atomic mass is 127. The zero-order chi connectivity index (χ0) is 18.0. The van der Waals surface area contributed by atoms with E-state index in [0.717, 1.165) is 44.9 Å². The number of esters is 1. The standard InChI is InChI=1S/C20H31N3O2.HI/c1-3-21-19(22-15-9-5-8-12-18(24)25-2)23-16-20(13-14-20)17-10-6-4-7-11-17;/h4,6-7,10-11H,3,5,8-9,12-16H2,1-2H3,(H2,21,22,23);1H. The molecular formula is C20H32IN3O2. The molecule has 1 fully saturated rings. The lowest BCUT2D eigenvalue weighted by molar-refractivity contribution is -0.140. The molecule has 6 heteroatoms. The molecule has 2 rings (SSSR count). The summed E-state index contributed by atoms with van der Waals surface area (Å²) < 4.78 is 4.65. The third-order valence-electron chi connectivity index (χ3n) is 4.70. The van der Waals surface area contributed by atoms with Crippen LogP contribution in [0.4, 0.5) is 0 Å². The quantitative estimate of drug-likeness (QED) is 0.179. The Kier molecular flexibility index (Phi) is 10.6. The van der Waals surface area contributed by atoms with Crippen LogP contribution >= 0.6 is 24.0 Å². The summed E-state index contributed by atoms with van der Waals surface area (Å²) in [7, 11) is 1.44. The monoisotopic (exact) mass is 473 g/mol. The van der Waals surface area contributed by atoms with Gasteiger partial charge in [-0.15, -0.1) is 24.0 Å². The number of benzene rings is 1. The molecule has 0 bridgehead atoms. The highest BCUT2D eigenvalue weighted by Crippen LogP contribution is 2.48. The summed E-state index contributed by atoms with van der Waals surface area (Å²) >= 11 is 0. The molecule has 0 aromatic heterocycles. The maximum absolute atomic E-state index is 11.1. The molecule has 1 aliphatic carbocycles. The Hall–Kier alpha value is -1.31. The Labute approximate surface area is 174 Å². The predicted molar refractivity (Wildman–Crippen MR) is 117 cm³/mol. The first kappa shape index (κ1) is 22.7. The van der Waals surface area contributed by atoms with E-state index in [1.54, 1.807) is 0 Å². The van der Waals surface area contributed by atoms with Crippen LogP contribution in [0.1, 0.15) is 51.0 Å². The van der Waals surface area contributed by atoms with Crippen LogP contribution in [0.3, 0.4) is 0 Å². The molecule has 1 saturated carbocycles. The fourth-order valence-corrected chi connectivity index (χ4v) is 2.93. The van der Waals surface area contributed by atoms with Gasteiger partial charge in [-0.1, -0.05) is 36.8 Å². The van der Waals surface area contributed by atoms with Gasteiger partial charge in [-0.25, -0.2) is 0 Å². The van der Waals surface area contributed by atoms with Gasteiger partial charge in [0.2, 0.25) is 0 Å². The van der Waals surface area contributed by atoms with Gasteiger partial charge >= 0.3 is 5.97 Å². The molecule has 0 amide bonds. The molecule has 0 radical (unpaired) electrons. The van der Waals surface area contributed by atoms with Crippen molar-refractivity contribution in [2.75, 3.05) is 26.7 Å². The van der Waals surface area contributed by atoms with Gasteiger partial charge in [0.15, 0.2) is 5.96 Å². The lowest BCUT2D eigenvalue weighted by Gasteiger charge is -2.16. The van der Waals surface area contributed by atoms with Crippen molar-refractivity contribution >= 4 is 35.9 Å². The van der Waals surface area contributed by atoms with Gasteiger partial charge < -0.3 is 15.4 Å². The van der Waals surface area contributed by atoms with Crippen molar-refractivity contribution in [3.05, 3.63) is 35.9 Å². The van der Waals surface area contributed by atoms with E-state index in [1.165, 1.54) is 25.5 Å². The number of hydrogen-bond acceptors (Lipinski definition) is 3. The highest BCUT2D eigenvalue weighted by molar-refractivity contribution is 14.0. The largest absolute Gasteiger partial charge is 0.469 e. The van der Waals surface area contributed by atoms with Crippen molar-refractivity contribution in [2.24, 2.45) is 4.99 Å². The third kappa shape index (κ3) is 7.51. The summed E-state index contributed by atoms with van der Waals surface area (Å²) in [6, 6.07) is 10.7. The fourth-order valence-electron chi connectivity index (χ4n) is 2.93. The Bertz CT molecular complexity index is 559. The molecule has 1 aromatic rings. The van der Waals surface area contributed by atoms with Gasteiger partial charge in [0.1, 0.15) is 0 Å². The van der Waals surface area contributed by atoms with E-state index in [9.17, 15) is 4.79 Å². The number of methoxy groups -OCH3 is 1. The van der Waals surface area contributed by atoms with Crippen LogP contribution in [-0.4, -0.2) is 38.7 Å². The third-order valence-corrected chi connectivity index (χ3v) is 4.70. The topological polar surface area (TPSA) is 62.7 Å². The van der Waals surface area contributed by atoms with E-state index in [-0.39, 0.29) is 35.4 Å². The van der Waals surface area contributed by atoms with E-state index in [2.05, 4.69) is 52.6 Å². The van der Waals surface area contributed by atoms with Gasteiger partial charge in [0.05, 0.1) is 13.7 Å². The Morgan fingerprint density at radius 3 is 2.50 bits per heavy atom. The molecule has 0 saturated heterocycles. The summed E-state index contributed by atoms with van der Waals surface area (Å²) in [6.45, 7) is 4.63. The molecule has 2 N–H and O–H groups in total. The second-order valence-corrected chi connectivity index (χ2v) is 6.66. The average molecular weight is 473 g/mol. The molecule has 1 aromatic carbocycles. The minimum absolute atomic E-state index is 0. The smallest absolute Gasteiger partial charge is 0.305 e. The molecule has 146 valence electrons. The Morgan fingerprint density at radius 2 is 1.88 bits per heavy atom. The minimum atomic E-state index is -0.126. The number of guanidine groups is 1.